The van der Waals surface area contributed by atoms with Gasteiger partial charge in [-0.2, -0.15) is 4.31 Å². The predicted octanol–water partition coefficient (Wildman–Crippen LogP) is 4.79. The van der Waals surface area contributed by atoms with Crippen LogP contribution < -0.4 is 10.1 Å². The fourth-order valence-electron chi connectivity index (χ4n) is 3.49. The summed E-state index contributed by atoms with van der Waals surface area (Å²) in [6.45, 7) is 4.23. The van der Waals surface area contributed by atoms with Crippen LogP contribution in [0.1, 0.15) is 31.1 Å². The summed E-state index contributed by atoms with van der Waals surface area (Å²) in [6, 6.07) is 24.2. The van der Waals surface area contributed by atoms with E-state index in [9.17, 15) is 8.42 Å². The van der Waals surface area contributed by atoms with Crippen LogP contribution in [0.2, 0.25) is 0 Å². The number of sulfonamides is 1. The smallest absolute Gasteiger partial charge is 0.247 e. The average molecular weight is 409 g/mol. The zero-order valence-corrected chi connectivity index (χ0v) is 17.3. The van der Waals surface area contributed by atoms with E-state index in [2.05, 4.69) is 5.32 Å². The van der Waals surface area contributed by atoms with E-state index in [0.29, 0.717) is 10.6 Å². The summed E-state index contributed by atoms with van der Waals surface area (Å²) in [5.41, 5.74) is 2.40. The van der Waals surface area contributed by atoms with Gasteiger partial charge in [0, 0.05) is 6.54 Å². The van der Waals surface area contributed by atoms with Crippen molar-refractivity contribution in [3.05, 3.63) is 90.0 Å². The summed E-state index contributed by atoms with van der Waals surface area (Å²) in [6.07, 6.45) is -0.432. The molecule has 0 bridgehead atoms. The number of hydrogen-bond acceptors (Lipinski definition) is 4. The number of hydrogen-bond donors (Lipinski definition) is 1. The molecule has 0 saturated carbocycles. The predicted molar refractivity (Wildman–Crippen MR) is 114 cm³/mol. The van der Waals surface area contributed by atoms with Gasteiger partial charge in [-0.1, -0.05) is 54.6 Å². The van der Waals surface area contributed by atoms with Gasteiger partial charge in [0.25, 0.3) is 0 Å². The summed E-state index contributed by atoms with van der Waals surface area (Å²) in [5, 5.41) is 3.41. The molecule has 0 fully saturated rings. The Bertz CT molecular complexity index is 1080. The fourth-order valence-corrected chi connectivity index (χ4v) is 5.16. The van der Waals surface area contributed by atoms with Crippen LogP contribution in [-0.4, -0.2) is 18.8 Å². The first-order valence-corrected chi connectivity index (χ1v) is 11.1. The first-order valence-electron chi connectivity index (χ1n) is 9.63. The zero-order valence-electron chi connectivity index (χ0n) is 16.4. The fraction of sp³-hybridized carbons (Fsp3) is 0.217. The molecular weight excluding hydrogens is 384 g/mol. The van der Waals surface area contributed by atoms with Crippen LogP contribution in [0.5, 0.6) is 5.75 Å². The van der Waals surface area contributed by atoms with Crippen LogP contribution in [0.15, 0.2) is 83.8 Å². The molecule has 1 N–H and O–H groups in total. The molecule has 0 aromatic heterocycles. The van der Waals surface area contributed by atoms with E-state index in [1.165, 1.54) is 4.31 Å². The molecular formula is C23H24N2O3S. The Labute approximate surface area is 172 Å². The molecule has 0 amide bonds. The number of rotatable bonds is 5. The number of para-hydroxylation sites is 1. The van der Waals surface area contributed by atoms with Crippen LogP contribution >= 0.6 is 0 Å². The molecule has 1 aliphatic rings. The van der Waals surface area contributed by atoms with Crippen molar-refractivity contribution in [2.75, 3.05) is 5.32 Å². The van der Waals surface area contributed by atoms with Crippen molar-refractivity contribution in [1.29, 1.82) is 0 Å². The molecule has 0 aliphatic carbocycles. The number of nitrogens with zero attached hydrogens (tertiary/aromatic N) is 1. The topological polar surface area (TPSA) is 58.6 Å². The van der Waals surface area contributed by atoms with Gasteiger partial charge in [0.15, 0.2) is 0 Å². The number of ether oxygens (including phenoxy) is 1. The van der Waals surface area contributed by atoms with Crippen molar-refractivity contribution in [1.82, 2.24) is 4.31 Å². The Morgan fingerprint density at radius 1 is 0.931 bits per heavy atom. The summed E-state index contributed by atoms with van der Waals surface area (Å²) >= 11 is 0. The van der Waals surface area contributed by atoms with Gasteiger partial charge in [0.05, 0.1) is 11.8 Å². The molecule has 6 heteroatoms. The zero-order chi connectivity index (χ0) is 20.4. The van der Waals surface area contributed by atoms with E-state index in [0.717, 1.165) is 16.9 Å². The van der Waals surface area contributed by atoms with Crippen molar-refractivity contribution >= 4 is 15.7 Å². The lowest BCUT2D eigenvalue weighted by atomic mass is 10.1. The normalized spacial score (nSPS) is 18.1. The lowest BCUT2D eigenvalue weighted by Gasteiger charge is -2.37. The lowest BCUT2D eigenvalue weighted by Crippen LogP contribution is -2.42. The minimum Gasteiger partial charge on any atom is -0.491 e. The number of benzene rings is 3. The molecule has 150 valence electrons. The minimum absolute atomic E-state index is 0.0792. The van der Waals surface area contributed by atoms with Crippen molar-refractivity contribution in [2.45, 2.75) is 37.6 Å². The third kappa shape index (κ3) is 3.99. The van der Waals surface area contributed by atoms with Crippen LogP contribution in [0.25, 0.3) is 0 Å². The minimum atomic E-state index is -3.67. The maximum atomic E-state index is 13.5. The van der Waals surface area contributed by atoms with Gasteiger partial charge < -0.3 is 10.1 Å². The molecule has 1 atom stereocenters. The molecule has 4 rings (SSSR count). The molecule has 3 aromatic rings. The van der Waals surface area contributed by atoms with Gasteiger partial charge in [-0.25, -0.2) is 8.42 Å². The monoisotopic (exact) mass is 408 g/mol. The largest absolute Gasteiger partial charge is 0.491 e. The van der Waals surface area contributed by atoms with E-state index in [4.69, 9.17) is 4.74 Å². The highest BCUT2D eigenvalue weighted by Crippen LogP contribution is 2.39. The second-order valence-corrected chi connectivity index (χ2v) is 9.17. The molecule has 5 nitrogen and oxygen atoms in total. The van der Waals surface area contributed by atoms with E-state index in [1.54, 1.807) is 18.2 Å². The highest BCUT2D eigenvalue weighted by molar-refractivity contribution is 7.89. The Kier molecular flexibility index (Phi) is 5.30. The summed E-state index contributed by atoms with van der Waals surface area (Å²) < 4.78 is 34.2. The molecule has 29 heavy (non-hydrogen) atoms. The van der Waals surface area contributed by atoms with Gasteiger partial charge in [-0.3, -0.25) is 0 Å². The number of anilines is 1. The quantitative estimate of drug-likeness (QED) is 0.659. The first-order chi connectivity index (χ1) is 13.9. The van der Waals surface area contributed by atoms with Gasteiger partial charge in [-0.15, -0.1) is 0 Å². The molecule has 0 radical (unpaired) electrons. The SMILES string of the molecule is CC(C)Oc1ccc([C@@H]2Nc3ccccc3S(=O)(=O)N2Cc2ccccc2)cc1. The van der Waals surface area contributed by atoms with Crippen LogP contribution in [0.4, 0.5) is 5.69 Å². The van der Waals surface area contributed by atoms with Gasteiger partial charge in [0.1, 0.15) is 16.8 Å². The molecule has 0 spiro atoms. The summed E-state index contributed by atoms with van der Waals surface area (Å²) in [4.78, 5) is 0.298. The molecule has 1 aliphatic heterocycles. The maximum Gasteiger partial charge on any atom is 0.247 e. The lowest BCUT2D eigenvalue weighted by molar-refractivity contribution is 0.242. The third-order valence-corrected chi connectivity index (χ3v) is 6.67. The standard InChI is InChI=1S/C23H24N2O3S/c1-17(2)28-20-14-12-19(13-15-20)23-24-21-10-6-7-11-22(21)29(26,27)25(23)16-18-8-4-3-5-9-18/h3-15,17,23-24H,16H2,1-2H3/t23-/m1/s1. The molecule has 3 aromatic carbocycles. The average Bonchev–Trinajstić information content (AvgIpc) is 2.71. The Morgan fingerprint density at radius 3 is 2.28 bits per heavy atom. The van der Waals surface area contributed by atoms with Gasteiger partial charge >= 0.3 is 0 Å². The third-order valence-electron chi connectivity index (χ3n) is 4.80. The van der Waals surface area contributed by atoms with Crippen molar-refractivity contribution in [2.24, 2.45) is 0 Å². The van der Waals surface area contributed by atoms with Gasteiger partial charge in [-0.05, 0) is 49.2 Å². The van der Waals surface area contributed by atoms with Crippen molar-refractivity contribution in [3.8, 4) is 5.75 Å². The van der Waals surface area contributed by atoms with Crippen molar-refractivity contribution in [3.63, 3.8) is 0 Å². The van der Waals surface area contributed by atoms with E-state index in [1.807, 2.05) is 74.5 Å². The molecule has 1 heterocycles. The Hall–Kier alpha value is -2.83. The van der Waals surface area contributed by atoms with Crippen LogP contribution in [0, 0.1) is 0 Å². The molecule has 0 unspecified atom stereocenters. The van der Waals surface area contributed by atoms with Crippen LogP contribution in [0.3, 0.4) is 0 Å². The summed E-state index contributed by atoms with van der Waals surface area (Å²) in [7, 11) is -3.67. The summed E-state index contributed by atoms with van der Waals surface area (Å²) in [5.74, 6) is 0.762. The van der Waals surface area contributed by atoms with E-state index >= 15 is 0 Å². The van der Waals surface area contributed by atoms with Gasteiger partial charge in [0.2, 0.25) is 10.0 Å². The first kappa shape index (κ1) is 19.5. The second-order valence-electron chi connectivity index (χ2n) is 7.31. The molecule has 0 saturated heterocycles. The van der Waals surface area contributed by atoms with Crippen LogP contribution in [-0.2, 0) is 16.6 Å². The van der Waals surface area contributed by atoms with E-state index < -0.39 is 16.2 Å². The Morgan fingerprint density at radius 2 is 1.59 bits per heavy atom. The number of fused-ring (bicyclic) bond motifs is 1. The second kappa shape index (κ2) is 7.89. The van der Waals surface area contributed by atoms with E-state index in [-0.39, 0.29) is 12.6 Å². The Balaban J connectivity index is 1.75. The maximum absolute atomic E-state index is 13.5. The highest BCUT2D eigenvalue weighted by atomic mass is 32.2. The number of nitrogens with one attached hydrogen (secondary N) is 1. The highest BCUT2D eigenvalue weighted by Gasteiger charge is 2.38. The van der Waals surface area contributed by atoms with Crippen molar-refractivity contribution < 1.29 is 13.2 Å².